The number of hydrogen-bond donors (Lipinski definition) is 0. The molecule has 0 bridgehead atoms. The van der Waals surface area contributed by atoms with Crippen LogP contribution in [-0.2, 0) is 5.88 Å². The van der Waals surface area contributed by atoms with E-state index >= 15 is 0 Å². The van der Waals surface area contributed by atoms with E-state index in [4.69, 9.17) is 16.3 Å². The third kappa shape index (κ3) is 5.03. The van der Waals surface area contributed by atoms with E-state index in [0.717, 1.165) is 18.7 Å². The van der Waals surface area contributed by atoms with Gasteiger partial charge in [0.15, 0.2) is 0 Å². The molecule has 0 amide bonds. The number of alkyl halides is 1. The second kappa shape index (κ2) is 7.52. The highest BCUT2D eigenvalue weighted by molar-refractivity contribution is 6.16. The highest BCUT2D eigenvalue weighted by Gasteiger charge is 1.97. The number of nitrogens with zero attached hydrogens (tertiary/aromatic N) is 1. The molecule has 0 fully saturated rings. The first kappa shape index (κ1) is 12.3. The summed E-state index contributed by atoms with van der Waals surface area (Å²) in [5.74, 6) is 1.12. The van der Waals surface area contributed by atoms with Gasteiger partial charge in [0.05, 0.1) is 18.2 Å². The summed E-state index contributed by atoms with van der Waals surface area (Å²) in [7, 11) is 0. The minimum atomic E-state index is 0.438. The van der Waals surface area contributed by atoms with Gasteiger partial charge in [-0.2, -0.15) is 0 Å². The lowest BCUT2D eigenvalue weighted by Crippen LogP contribution is -1.99. The summed E-state index contributed by atoms with van der Waals surface area (Å²) >= 11 is 5.68. The van der Waals surface area contributed by atoms with Crippen LogP contribution < -0.4 is 4.74 Å². The van der Waals surface area contributed by atoms with Crippen LogP contribution in [0.25, 0.3) is 0 Å². The summed E-state index contributed by atoms with van der Waals surface area (Å²) in [6.07, 6.45) is 4.85. The molecule has 3 heteroatoms. The summed E-state index contributed by atoms with van der Waals surface area (Å²) < 4.78 is 5.53. The first-order valence-electron chi connectivity index (χ1n) is 5.51. The maximum Gasteiger partial charge on any atom is 0.213 e. The molecule has 1 aromatic rings. The average Bonchev–Trinajstić information content (AvgIpc) is 2.29. The second-order valence-corrected chi connectivity index (χ2v) is 3.78. The fourth-order valence-corrected chi connectivity index (χ4v) is 1.47. The number of hydrogen-bond acceptors (Lipinski definition) is 2. The molecular weight excluding hydrogens is 210 g/mol. The largest absolute Gasteiger partial charge is 0.478 e. The molecule has 1 heterocycles. The monoisotopic (exact) mass is 227 g/mol. The number of unbranched alkanes of at least 4 members (excludes halogenated alkanes) is 3. The molecule has 0 aliphatic heterocycles. The van der Waals surface area contributed by atoms with Crippen molar-refractivity contribution in [1.29, 1.82) is 0 Å². The summed E-state index contributed by atoms with van der Waals surface area (Å²) in [6.45, 7) is 2.95. The van der Waals surface area contributed by atoms with Crippen LogP contribution in [-0.4, -0.2) is 11.6 Å². The average molecular weight is 228 g/mol. The Bertz CT molecular complexity index is 278. The molecule has 0 aliphatic carbocycles. The van der Waals surface area contributed by atoms with Crippen LogP contribution in [0, 0.1) is 0 Å². The van der Waals surface area contributed by atoms with Crippen LogP contribution in [0.4, 0.5) is 0 Å². The fourth-order valence-electron chi connectivity index (χ4n) is 1.32. The van der Waals surface area contributed by atoms with Crippen molar-refractivity contribution in [3.8, 4) is 5.88 Å². The van der Waals surface area contributed by atoms with Crippen molar-refractivity contribution < 1.29 is 4.74 Å². The van der Waals surface area contributed by atoms with Crippen molar-refractivity contribution in [2.24, 2.45) is 0 Å². The topological polar surface area (TPSA) is 22.1 Å². The summed E-state index contributed by atoms with van der Waals surface area (Å²) in [5, 5.41) is 0. The van der Waals surface area contributed by atoms with E-state index in [9.17, 15) is 0 Å². The summed E-state index contributed by atoms with van der Waals surface area (Å²) in [4.78, 5) is 4.25. The molecule has 0 aromatic carbocycles. The summed E-state index contributed by atoms with van der Waals surface area (Å²) in [5.41, 5.74) is 0.864. The Morgan fingerprint density at radius 1 is 1.27 bits per heavy atom. The quantitative estimate of drug-likeness (QED) is 0.523. The molecule has 0 N–H and O–H groups in total. The third-order valence-electron chi connectivity index (χ3n) is 2.17. The van der Waals surface area contributed by atoms with Gasteiger partial charge in [0.2, 0.25) is 5.88 Å². The SMILES string of the molecule is CCCCCCOc1cccc(CCl)n1. The Balaban J connectivity index is 2.24. The van der Waals surface area contributed by atoms with E-state index in [1.165, 1.54) is 19.3 Å². The van der Waals surface area contributed by atoms with Crippen molar-refractivity contribution in [3.63, 3.8) is 0 Å². The van der Waals surface area contributed by atoms with Crippen LogP contribution in [0.3, 0.4) is 0 Å². The number of aromatic nitrogens is 1. The van der Waals surface area contributed by atoms with E-state index in [2.05, 4.69) is 11.9 Å². The van der Waals surface area contributed by atoms with Gasteiger partial charge in [0.1, 0.15) is 0 Å². The van der Waals surface area contributed by atoms with Crippen LogP contribution in [0.2, 0.25) is 0 Å². The van der Waals surface area contributed by atoms with Crippen molar-refractivity contribution in [1.82, 2.24) is 4.98 Å². The lowest BCUT2D eigenvalue weighted by Gasteiger charge is -2.05. The van der Waals surface area contributed by atoms with Crippen LogP contribution >= 0.6 is 11.6 Å². The van der Waals surface area contributed by atoms with Crippen LogP contribution in [0.15, 0.2) is 18.2 Å². The Morgan fingerprint density at radius 2 is 2.13 bits per heavy atom. The number of halogens is 1. The molecule has 0 saturated carbocycles. The predicted molar refractivity (Wildman–Crippen MR) is 63.4 cm³/mol. The van der Waals surface area contributed by atoms with Gasteiger partial charge < -0.3 is 4.74 Å². The molecule has 0 saturated heterocycles. The van der Waals surface area contributed by atoms with E-state index in [1.807, 2.05) is 18.2 Å². The first-order valence-corrected chi connectivity index (χ1v) is 6.05. The molecule has 1 rings (SSSR count). The van der Waals surface area contributed by atoms with Gasteiger partial charge >= 0.3 is 0 Å². The standard InChI is InChI=1S/C12H18ClNO/c1-2-3-4-5-9-15-12-8-6-7-11(10-13)14-12/h6-8H,2-5,9-10H2,1H3. The highest BCUT2D eigenvalue weighted by atomic mass is 35.5. The van der Waals surface area contributed by atoms with Crippen molar-refractivity contribution in [2.45, 2.75) is 38.5 Å². The first-order chi connectivity index (χ1) is 7.36. The molecule has 0 radical (unpaired) electrons. The normalized spacial score (nSPS) is 10.3. The zero-order valence-corrected chi connectivity index (χ0v) is 9.96. The lowest BCUT2D eigenvalue weighted by atomic mass is 10.2. The Kier molecular flexibility index (Phi) is 6.17. The smallest absolute Gasteiger partial charge is 0.213 e. The van der Waals surface area contributed by atoms with E-state index < -0.39 is 0 Å². The van der Waals surface area contributed by atoms with Gasteiger partial charge in [-0.25, -0.2) is 4.98 Å². The molecule has 15 heavy (non-hydrogen) atoms. The van der Waals surface area contributed by atoms with Gasteiger partial charge in [-0.1, -0.05) is 32.3 Å². The minimum Gasteiger partial charge on any atom is -0.478 e. The molecule has 0 spiro atoms. The van der Waals surface area contributed by atoms with E-state index in [1.54, 1.807) is 0 Å². The molecule has 2 nitrogen and oxygen atoms in total. The Morgan fingerprint density at radius 3 is 2.87 bits per heavy atom. The highest BCUT2D eigenvalue weighted by Crippen LogP contribution is 2.10. The maximum absolute atomic E-state index is 5.68. The van der Waals surface area contributed by atoms with Crippen molar-refractivity contribution in [2.75, 3.05) is 6.61 Å². The molecule has 0 unspecified atom stereocenters. The van der Waals surface area contributed by atoms with Crippen LogP contribution in [0.1, 0.15) is 38.3 Å². The number of pyridine rings is 1. The summed E-state index contributed by atoms with van der Waals surface area (Å²) in [6, 6.07) is 5.69. The Hall–Kier alpha value is -0.760. The minimum absolute atomic E-state index is 0.438. The Labute approximate surface area is 96.6 Å². The molecule has 84 valence electrons. The van der Waals surface area contributed by atoms with Crippen molar-refractivity contribution in [3.05, 3.63) is 23.9 Å². The molecule has 0 atom stereocenters. The number of ether oxygens (including phenoxy) is 1. The maximum atomic E-state index is 5.68. The lowest BCUT2D eigenvalue weighted by molar-refractivity contribution is 0.293. The van der Waals surface area contributed by atoms with E-state index in [0.29, 0.717) is 11.8 Å². The molecule has 1 aromatic heterocycles. The second-order valence-electron chi connectivity index (χ2n) is 3.51. The van der Waals surface area contributed by atoms with Gasteiger partial charge in [0.25, 0.3) is 0 Å². The van der Waals surface area contributed by atoms with Gasteiger partial charge in [-0.15, -0.1) is 11.6 Å². The molecule has 0 aliphatic rings. The van der Waals surface area contributed by atoms with Crippen LogP contribution in [0.5, 0.6) is 5.88 Å². The zero-order valence-electron chi connectivity index (χ0n) is 9.21. The van der Waals surface area contributed by atoms with Gasteiger partial charge in [-0.05, 0) is 12.5 Å². The van der Waals surface area contributed by atoms with Gasteiger partial charge in [-0.3, -0.25) is 0 Å². The zero-order chi connectivity index (χ0) is 10.9. The predicted octanol–water partition coefficient (Wildman–Crippen LogP) is 3.78. The molecular formula is C12H18ClNO. The van der Waals surface area contributed by atoms with E-state index in [-0.39, 0.29) is 0 Å². The third-order valence-corrected chi connectivity index (χ3v) is 2.44. The fraction of sp³-hybridized carbons (Fsp3) is 0.583. The van der Waals surface area contributed by atoms with Crippen molar-refractivity contribution >= 4 is 11.6 Å². The number of rotatable bonds is 7. The van der Waals surface area contributed by atoms with Gasteiger partial charge in [0, 0.05) is 6.07 Å².